The molecule has 164 valence electrons. The number of hydrogen-bond donors (Lipinski definition) is 2. The Balaban J connectivity index is 2.33. The van der Waals surface area contributed by atoms with Gasteiger partial charge in [0.2, 0.25) is 0 Å². The van der Waals surface area contributed by atoms with Crippen molar-refractivity contribution in [1.29, 1.82) is 0 Å². The summed E-state index contributed by atoms with van der Waals surface area (Å²) in [6.45, 7) is 5.63. The minimum Gasteiger partial charge on any atom is -0.491 e. The van der Waals surface area contributed by atoms with Crippen LogP contribution in [0.5, 0.6) is 11.8 Å². The fourth-order valence-corrected chi connectivity index (χ4v) is 2.96. The van der Waals surface area contributed by atoms with E-state index in [1.54, 1.807) is 6.92 Å². The van der Waals surface area contributed by atoms with Crippen molar-refractivity contribution in [3.63, 3.8) is 0 Å². The van der Waals surface area contributed by atoms with Crippen LogP contribution in [0.4, 0.5) is 18.0 Å². The molecule has 1 heterocycles. The number of nitrogens with zero attached hydrogens (tertiary/aromatic N) is 2. The number of nitrogens with two attached hydrogens (primary N) is 1. The lowest BCUT2D eigenvalue weighted by Gasteiger charge is -2.27. The van der Waals surface area contributed by atoms with Crippen LogP contribution < -0.4 is 20.5 Å². The number of benzene rings is 1. The smallest absolute Gasteiger partial charge is 0.419 e. The number of carbonyl (C=O) groups excluding carboxylic acids is 1. The molecular formula is C20H25F3N4O3. The van der Waals surface area contributed by atoms with E-state index < -0.39 is 23.4 Å². The first kappa shape index (κ1) is 23.4. The highest BCUT2D eigenvalue weighted by Gasteiger charge is 2.35. The molecule has 10 heteroatoms. The van der Waals surface area contributed by atoms with Crippen LogP contribution in [0, 0.1) is 5.92 Å². The van der Waals surface area contributed by atoms with E-state index in [9.17, 15) is 18.0 Å². The van der Waals surface area contributed by atoms with Crippen molar-refractivity contribution in [1.82, 2.24) is 15.3 Å². The molecule has 0 radical (unpaired) electrons. The Morgan fingerprint density at radius 1 is 1.27 bits per heavy atom. The topological polar surface area (TPSA) is 99.4 Å². The van der Waals surface area contributed by atoms with E-state index in [1.165, 1.54) is 31.4 Å². The molecule has 1 aromatic carbocycles. The van der Waals surface area contributed by atoms with Crippen molar-refractivity contribution >= 4 is 6.09 Å². The Labute approximate surface area is 172 Å². The molecule has 0 spiro atoms. The molecule has 30 heavy (non-hydrogen) atoms. The maximum atomic E-state index is 13.6. The van der Waals surface area contributed by atoms with Crippen LogP contribution in [0.1, 0.15) is 32.8 Å². The van der Waals surface area contributed by atoms with Crippen molar-refractivity contribution in [2.45, 2.75) is 38.9 Å². The van der Waals surface area contributed by atoms with Gasteiger partial charge in [0, 0.05) is 24.3 Å². The van der Waals surface area contributed by atoms with Crippen molar-refractivity contribution in [3.8, 4) is 23.0 Å². The third-order valence-corrected chi connectivity index (χ3v) is 4.03. The number of rotatable bonds is 7. The summed E-state index contributed by atoms with van der Waals surface area (Å²) in [6.07, 6.45) is -3.56. The van der Waals surface area contributed by atoms with Gasteiger partial charge in [-0.3, -0.25) is 0 Å². The molecular weight excluding hydrogens is 401 g/mol. The van der Waals surface area contributed by atoms with E-state index in [1.807, 2.05) is 13.8 Å². The first-order valence-corrected chi connectivity index (χ1v) is 9.27. The fourth-order valence-electron chi connectivity index (χ4n) is 2.96. The lowest BCUT2D eigenvalue weighted by atomic mass is 9.93. The molecule has 2 aromatic rings. The quantitative estimate of drug-likeness (QED) is 0.694. The number of halogens is 3. The zero-order valence-corrected chi connectivity index (χ0v) is 17.2. The van der Waals surface area contributed by atoms with Gasteiger partial charge in [-0.15, -0.1) is 0 Å². The normalized spacial score (nSPS) is 13.6. The Morgan fingerprint density at radius 2 is 1.97 bits per heavy atom. The lowest BCUT2D eigenvalue weighted by Crippen LogP contribution is -2.43. The van der Waals surface area contributed by atoms with Gasteiger partial charge < -0.3 is 20.5 Å². The molecule has 1 amide bonds. The second kappa shape index (κ2) is 9.29. The first-order chi connectivity index (χ1) is 13.9. The van der Waals surface area contributed by atoms with Gasteiger partial charge in [-0.2, -0.15) is 18.2 Å². The van der Waals surface area contributed by atoms with E-state index in [0.29, 0.717) is 6.42 Å². The lowest BCUT2D eigenvalue weighted by molar-refractivity contribution is -0.139. The van der Waals surface area contributed by atoms with Gasteiger partial charge in [-0.05, 0) is 43.5 Å². The maximum absolute atomic E-state index is 13.6. The maximum Gasteiger partial charge on any atom is 0.419 e. The SMILES string of the molecule is CNC(=O)Oc1nccc(-c2ccc(OC[C@@](C)(N)CC(C)C)c(C(F)(F)F)c2)n1. The molecule has 3 N–H and O–H groups in total. The van der Waals surface area contributed by atoms with Gasteiger partial charge in [-0.1, -0.05) is 13.8 Å². The minimum absolute atomic E-state index is 0.0643. The molecule has 0 aliphatic rings. The molecule has 0 aliphatic heterocycles. The monoisotopic (exact) mass is 426 g/mol. The zero-order chi connectivity index (χ0) is 22.5. The van der Waals surface area contributed by atoms with Gasteiger partial charge in [-0.25, -0.2) is 9.78 Å². The highest BCUT2D eigenvalue weighted by Crippen LogP contribution is 2.39. The molecule has 0 aliphatic carbocycles. The number of amides is 1. The number of nitrogens with one attached hydrogen (secondary N) is 1. The van der Waals surface area contributed by atoms with Crippen LogP contribution in [0.25, 0.3) is 11.3 Å². The van der Waals surface area contributed by atoms with Crippen molar-refractivity contribution in [3.05, 3.63) is 36.0 Å². The third-order valence-electron chi connectivity index (χ3n) is 4.03. The van der Waals surface area contributed by atoms with Gasteiger partial charge in [0.15, 0.2) is 0 Å². The zero-order valence-electron chi connectivity index (χ0n) is 17.2. The minimum atomic E-state index is -4.65. The fraction of sp³-hybridized carbons (Fsp3) is 0.450. The predicted molar refractivity (Wildman–Crippen MR) is 105 cm³/mol. The average molecular weight is 426 g/mol. The summed E-state index contributed by atoms with van der Waals surface area (Å²) >= 11 is 0. The molecule has 1 atom stereocenters. The highest BCUT2D eigenvalue weighted by atomic mass is 19.4. The summed E-state index contributed by atoms with van der Waals surface area (Å²) in [7, 11) is 1.36. The summed E-state index contributed by atoms with van der Waals surface area (Å²) in [6, 6.07) is 4.72. The Hall–Kier alpha value is -2.88. The molecule has 7 nitrogen and oxygen atoms in total. The van der Waals surface area contributed by atoms with E-state index >= 15 is 0 Å². The summed E-state index contributed by atoms with van der Waals surface area (Å²) in [5.41, 5.74) is 4.74. The third kappa shape index (κ3) is 6.58. The molecule has 0 saturated carbocycles. The van der Waals surface area contributed by atoms with Gasteiger partial charge in [0.25, 0.3) is 0 Å². The molecule has 2 rings (SSSR count). The van der Waals surface area contributed by atoms with Crippen LogP contribution in [0.15, 0.2) is 30.5 Å². The Bertz CT molecular complexity index is 886. The van der Waals surface area contributed by atoms with Gasteiger partial charge >= 0.3 is 18.3 Å². The van der Waals surface area contributed by atoms with Crippen molar-refractivity contribution < 1.29 is 27.4 Å². The van der Waals surface area contributed by atoms with E-state index in [0.717, 1.165) is 6.07 Å². The number of ether oxygens (including phenoxy) is 2. The van der Waals surface area contributed by atoms with Crippen LogP contribution in [0.3, 0.4) is 0 Å². The number of alkyl halides is 3. The Kier molecular flexibility index (Phi) is 7.25. The summed E-state index contributed by atoms with van der Waals surface area (Å²) < 4.78 is 51.2. The second-order valence-corrected chi connectivity index (χ2v) is 7.61. The van der Waals surface area contributed by atoms with Crippen LogP contribution in [-0.4, -0.2) is 35.3 Å². The number of aromatic nitrogens is 2. The van der Waals surface area contributed by atoms with Crippen LogP contribution in [0.2, 0.25) is 0 Å². The van der Waals surface area contributed by atoms with Gasteiger partial charge in [0.05, 0.1) is 11.3 Å². The van der Waals surface area contributed by atoms with Gasteiger partial charge in [0.1, 0.15) is 12.4 Å². The standard InChI is InChI=1S/C20H25F3N4O3/c1-12(2)10-19(3,24)11-29-16-6-5-13(9-14(16)20(21,22)23)15-7-8-26-17(27-15)30-18(28)25-4/h5-9,12H,10-11,24H2,1-4H3,(H,25,28)/t19-/m0/s1. The number of carbonyl (C=O) groups is 1. The van der Waals surface area contributed by atoms with Crippen LogP contribution >= 0.6 is 0 Å². The largest absolute Gasteiger partial charge is 0.491 e. The molecule has 1 aromatic heterocycles. The van der Waals surface area contributed by atoms with Crippen molar-refractivity contribution in [2.75, 3.05) is 13.7 Å². The summed E-state index contributed by atoms with van der Waals surface area (Å²) in [5.74, 6) is -0.0420. The molecule has 0 saturated heterocycles. The van der Waals surface area contributed by atoms with E-state index in [-0.39, 0.29) is 35.5 Å². The number of hydrogen-bond acceptors (Lipinski definition) is 6. The molecule has 0 unspecified atom stereocenters. The van der Waals surface area contributed by atoms with E-state index in [2.05, 4.69) is 15.3 Å². The molecule has 0 fully saturated rings. The second-order valence-electron chi connectivity index (χ2n) is 7.61. The van der Waals surface area contributed by atoms with E-state index in [4.69, 9.17) is 15.2 Å². The Morgan fingerprint density at radius 3 is 2.57 bits per heavy atom. The highest BCUT2D eigenvalue weighted by molar-refractivity contribution is 5.69. The van der Waals surface area contributed by atoms with Crippen molar-refractivity contribution in [2.24, 2.45) is 11.7 Å². The predicted octanol–water partition coefficient (Wildman–Crippen LogP) is 4.02. The summed E-state index contributed by atoms with van der Waals surface area (Å²) in [5, 5.41) is 2.23. The molecule has 0 bridgehead atoms. The summed E-state index contributed by atoms with van der Waals surface area (Å²) in [4.78, 5) is 19.0. The first-order valence-electron chi connectivity index (χ1n) is 9.27. The average Bonchev–Trinajstić information content (AvgIpc) is 2.64. The van der Waals surface area contributed by atoms with Crippen LogP contribution in [-0.2, 0) is 6.18 Å².